The number of morpholine rings is 1. The highest BCUT2D eigenvalue weighted by molar-refractivity contribution is 7.91. The number of carbonyl (C=O) groups is 1. The first-order chi connectivity index (χ1) is 14.4. The summed E-state index contributed by atoms with van der Waals surface area (Å²) in [6, 6.07) is 8.70. The maximum Gasteiger partial charge on any atom is 0.254 e. The second-order valence-electron chi connectivity index (χ2n) is 6.63. The molecule has 3 heterocycles. The zero-order valence-electron chi connectivity index (χ0n) is 15.7. The average Bonchev–Trinajstić information content (AvgIpc) is 3.20. The quantitative estimate of drug-likeness (QED) is 0.544. The van der Waals surface area contributed by atoms with Gasteiger partial charge in [0, 0.05) is 41.1 Å². The van der Waals surface area contributed by atoms with Gasteiger partial charge < -0.3 is 10.1 Å². The Morgan fingerprint density at radius 1 is 1.27 bits per heavy atom. The van der Waals surface area contributed by atoms with E-state index in [9.17, 15) is 13.2 Å². The van der Waals surface area contributed by atoms with Crippen molar-refractivity contribution in [2.45, 2.75) is 15.6 Å². The number of ether oxygens (including phenoxy) is 1. The van der Waals surface area contributed by atoms with Crippen LogP contribution in [0, 0.1) is 0 Å². The molecule has 0 atom stereocenters. The SMILES string of the molecule is O=C(NCc1ccc(Cl)cc1)c1cnc2sc(S(=O)(=O)N3CCOCC3)cc2c1S. The van der Waals surface area contributed by atoms with Crippen LogP contribution in [0.15, 0.2) is 45.6 Å². The molecule has 2 aromatic heterocycles. The van der Waals surface area contributed by atoms with E-state index < -0.39 is 10.0 Å². The van der Waals surface area contributed by atoms with Crippen molar-refractivity contribution in [2.75, 3.05) is 26.3 Å². The van der Waals surface area contributed by atoms with E-state index in [2.05, 4.69) is 22.9 Å². The predicted molar refractivity (Wildman–Crippen MR) is 119 cm³/mol. The topological polar surface area (TPSA) is 88.6 Å². The number of benzene rings is 1. The Morgan fingerprint density at radius 2 is 1.97 bits per heavy atom. The summed E-state index contributed by atoms with van der Waals surface area (Å²) in [5, 5.41) is 3.98. The highest BCUT2D eigenvalue weighted by Gasteiger charge is 2.29. The average molecular weight is 484 g/mol. The molecular weight excluding hydrogens is 466 g/mol. The number of rotatable bonds is 5. The molecule has 0 radical (unpaired) electrons. The van der Waals surface area contributed by atoms with Gasteiger partial charge >= 0.3 is 0 Å². The molecule has 4 rings (SSSR count). The zero-order chi connectivity index (χ0) is 21.3. The molecule has 1 aromatic carbocycles. The van der Waals surface area contributed by atoms with Crippen molar-refractivity contribution in [3.8, 4) is 0 Å². The summed E-state index contributed by atoms with van der Waals surface area (Å²) in [5.41, 5.74) is 1.19. The van der Waals surface area contributed by atoms with Gasteiger partial charge in [0.1, 0.15) is 9.04 Å². The summed E-state index contributed by atoms with van der Waals surface area (Å²) in [7, 11) is -3.64. The van der Waals surface area contributed by atoms with Crippen LogP contribution >= 0.6 is 35.6 Å². The number of thiophene rings is 1. The van der Waals surface area contributed by atoms with Gasteiger partial charge in [0.2, 0.25) is 0 Å². The summed E-state index contributed by atoms with van der Waals surface area (Å²) < 4.78 is 32.6. The zero-order valence-corrected chi connectivity index (χ0v) is 19.0. The number of halogens is 1. The van der Waals surface area contributed by atoms with Crippen molar-refractivity contribution in [3.05, 3.63) is 52.7 Å². The van der Waals surface area contributed by atoms with Crippen LogP contribution in [0.4, 0.5) is 0 Å². The number of thiol groups is 1. The summed E-state index contributed by atoms with van der Waals surface area (Å²) in [4.78, 5) is 17.8. The number of hydrogen-bond acceptors (Lipinski definition) is 7. The molecule has 0 saturated carbocycles. The van der Waals surface area contributed by atoms with E-state index in [1.54, 1.807) is 12.1 Å². The van der Waals surface area contributed by atoms with Crippen LogP contribution in [0.1, 0.15) is 15.9 Å². The minimum absolute atomic E-state index is 0.181. The Hall–Kier alpha value is -1.69. The number of amides is 1. The normalized spacial score (nSPS) is 15.4. The number of fused-ring (bicyclic) bond motifs is 1. The molecule has 0 bridgehead atoms. The first-order valence-corrected chi connectivity index (χ1v) is 12.2. The molecule has 1 fully saturated rings. The van der Waals surface area contributed by atoms with Gasteiger partial charge in [-0.1, -0.05) is 23.7 Å². The summed E-state index contributed by atoms with van der Waals surface area (Å²) in [6.45, 7) is 1.70. The molecule has 11 heteroatoms. The van der Waals surface area contributed by atoms with E-state index >= 15 is 0 Å². The Balaban J connectivity index is 1.57. The maximum atomic E-state index is 12.9. The third-order valence-corrected chi connectivity index (χ3v) is 8.81. The van der Waals surface area contributed by atoms with Crippen LogP contribution in [0.5, 0.6) is 0 Å². The predicted octanol–water partition coefficient (Wildman–Crippen LogP) is 3.19. The Bertz CT molecular complexity index is 1190. The molecular formula is C19H18ClN3O4S3. The summed E-state index contributed by atoms with van der Waals surface area (Å²) >= 11 is 11.4. The highest BCUT2D eigenvalue weighted by atomic mass is 35.5. The van der Waals surface area contributed by atoms with Gasteiger partial charge in [0.15, 0.2) is 0 Å². The van der Waals surface area contributed by atoms with E-state index in [4.69, 9.17) is 16.3 Å². The molecule has 1 saturated heterocycles. The van der Waals surface area contributed by atoms with Crippen molar-refractivity contribution in [2.24, 2.45) is 0 Å². The van der Waals surface area contributed by atoms with Crippen LogP contribution in [0.3, 0.4) is 0 Å². The number of carbonyl (C=O) groups excluding carboxylic acids is 1. The van der Waals surface area contributed by atoms with E-state index in [-0.39, 0.29) is 15.7 Å². The monoisotopic (exact) mass is 483 g/mol. The largest absolute Gasteiger partial charge is 0.379 e. The molecule has 1 aliphatic rings. The minimum Gasteiger partial charge on any atom is -0.379 e. The third-order valence-electron chi connectivity index (χ3n) is 4.69. The Kier molecular flexibility index (Phi) is 6.33. The molecule has 1 aliphatic heterocycles. The molecule has 1 amide bonds. The second-order valence-corrected chi connectivity index (χ2v) is 10.7. The van der Waals surface area contributed by atoms with Gasteiger partial charge in [-0.25, -0.2) is 13.4 Å². The molecule has 0 spiro atoms. The van der Waals surface area contributed by atoms with Crippen LogP contribution < -0.4 is 5.32 Å². The summed E-state index contributed by atoms with van der Waals surface area (Å²) in [6.07, 6.45) is 1.42. The fourth-order valence-electron chi connectivity index (χ4n) is 3.04. The van der Waals surface area contributed by atoms with E-state index in [0.29, 0.717) is 53.0 Å². The molecule has 7 nitrogen and oxygen atoms in total. The lowest BCUT2D eigenvalue weighted by molar-refractivity contribution is 0.0731. The van der Waals surface area contributed by atoms with Crippen LogP contribution in [0.25, 0.3) is 10.2 Å². The molecule has 1 N–H and O–H groups in total. The maximum absolute atomic E-state index is 12.9. The van der Waals surface area contributed by atoms with Crippen molar-refractivity contribution in [3.63, 3.8) is 0 Å². The Morgan fingerprint density at radius 3 is 2.67 bits per heavy atom. The lowest BCUT2D eigenvalue weighted by Gasteiger charge is -2.25. The van der Waals surface area contributed by atoms with Crippen LogP contribution in [0.2, 0.25) is 5.02 Å². The van der Waals surface area contributed by atoms with Gasteiger partial charge in [-0.3, -0.25) is 4.79 Å². The minimum atomic E-state index is -3.64. The highest BCUT2D eigenvalue weighted by Crippen LogP contribution is 2.34. The number of sulfonamides is 1. The third kappa shape index (κ3) is 4.34. The lowest BCUT2D eigenvalue weighted by atomic mass is 10.2. The number of pyridine rings is 1. The Labute approximate surface area is 188 Å². The van der Waals surface area contributed by atoms with Gasteiger partial charge in [0.25, 0.3) is 15.9 Å². The molecule has 3 aromatic rings. The first kappa shape index (κ1) is 21.5. The second kappa shape index (κ2) is 8.81. The molecule has 0 aliphatic carbocycles. The fraction of sp³-hybridized carbons (Fsp3) is 0.263. The van der Waals surface area contributed by atoms with Gasteiger partial charge in [-0.05, 0) is 23.8 Å². The van der Waals surface area contributed by atoms with Gasteiger partial charge in [-0.2, -0.15) is 4.31 Å². The molecule has 30 heavy (non-hydrogen) atoms. The number of nitrogens with zero attached hydrogens (tertiary/aromatic N) is 2. The molecule has 0 unspecified atom stereocenters. The number of hydrogen-bond donors (Lipinski definition) is 2. The first-order valence-electron chi connectivity index (χ1n) is 9.08. The van der Waals surface area contributed by atoms with Crippen LogP contribution in [-0.2, 0) is 21.3 Å². The number of aromatic nitrogens is 1. The van der Waals surface area contributed by atoms with Crippen molar-refractivity contribution in [1.82, 2.24) is 14.6 Å². The van der Waals surface area contributed by atoms with E-state index in [1.807, 2.05) is 12.1 Å². The summed E-state index contributed by atoms with van der Waals surface area (Å²) in [5.74, 6) is -0.340. The van der Waals surface area contributed by atoms with Crippen molar-refractivity contribution < 1.29 is 17.9 Å². The van der Waals surface area contributed by atoms with Gasteiger partial charge in [0.05, 0.1) is 18.8 Å². The molecule has 158 valence electrons. The number of nitrogens with one attached hydrogen (secondary N) is 1. The van der Waals surface area contributed by atoms with Crippen LogP contribution in [-0.4, -0.2) is 49.9 Å². The standard InChI is InChI=1S/C19H18ClN3O4S3/c20-13-3-1-12(2-4-13)10-21-18(24)15-11-22-19-14(17(15)28)9-16(29-19)30(25,26)23-5-7-27-8-6-23/h1-4,9,11H,5-8,10H2,(H,21,24)(H,22,28). The fourth-order valence-corrected chi connectivity index (χ4v) is 6.44. The van der Waals surface area contributed by atoms with E-state index in [1.165, 1.54) is 16.6 Å². The smallest absolute Gasteiger partial charge is 0.254 e. The lowest BCUT2D eigenvalue weighted by Crippen LogP contribution is -2.40. The van der Waals surface area contributed by atoms with E-state index in [0.717, 1.165) is 16.9 Å². The van der Waals surface area contributed by atoms with Gasteiger partial charge in [-0.15, -0.1) is 24.0 Å². The van der Waals surface area contributed by atoms with Crippen molar-refractivity contribution >= 4 is 61.7 Å². The van der Waals surface area contributed by atoms with Crippen molar-refractivity contribution in [1.29, 1.82) is 0 Å².